The van der Waals surface area contributed by atoms with Crippen molar-refractivity contribution in [1.29, 1.82) is 0 Å². The third-order valence-corrected chi connectivity index (χ3v) is 3.96. The molecule has 92 valence electrons. The smallest absolute Gasteiger partial charge is 0.220 e. The number of aromatic nitrogens is 1. The Labute approximate surface area is 107 Å². The quantitative estimate of drug-likeness (QED) is 0.757. The molecule has 17 heavy (non-hydrogen) atoms. The van der Waals surface area contributed by atoms with Crippen LogP contribution >= 0.6 is 12.6 Å². The van der Waals surface area contributed by atoms with Gasteiger partial charge in [0.05, 0.1) is 0 Å². The first kappa shape index (κ1) is 12.4. The highest BCUT2D eigenvalue weighted by molar-refractivity contribution is 7.80. The second-order valence-electron chi connectivity index (χ2n) is 4.80. The van der Waals surface area contributed by atoms with Gasteiger partial charge in [0.2, 0.25) is 5.91 Å². The van der Waals surface area contributed by atoms with Crippen molar-refractivity contribution in [3.8, 4) is 0 Å². The van der Waals surface area contributed by atoms with Gasteiger partial charge in [-0.3, -0.25) is 9.78 Å². The van der Waals surface area contributed by atoms with E-state index in [4.69, 9.17) is 0 Å². The Morgan fingerprint density at radius 2 is 2.35 bits per heavy atom. The Hall–Kier alpha value is -1.03. The average molecular weight is 250 g/mol. The molecule has 4 heteroatoms. The number of pyridine rings is 1. The van der Waals surface area contributed by atoms with Gasteiger partial charge in [0.15, 0.2) is 0 Å². The molecule has 1 fully saturated rings. The molecule has 2 rings (SSSR count). The van der Waals surface area contributed by atoms with Gasteiger partial charge in [-0.25, -0.2) is 0 Å². The minimum absolute atomic E-state index is 0.153. The molecule has 1 heterocycles. The maximum atomic E-state index is 11.7. The number of thiol groups is 1. The molecule has 1 aliphatic carbocycles. The lowest BCUT2D eigenvalue weighted by Crippen LogP contribution is -2.28. The molecule has 1 aliphatic rings. The first-order valence-corrected chi connectivity index (χ1v) is 6.64. The maximum absolute atomic E-state index is 11.7. The molecule has 0 aromatic carbocycles. The van der Waals surface area contributed by atoms with E-state index in [1.54, 1.807) is 6.20 Å². The number of hydrogen-bond donors (Lipinski definition) is 2. The van der Waals surface area contributed by atoms with Crippen LogP contribution in [0.5, 0.6) is 0 Å². The highest BCUT2D eigenvalue weighted by Crippen LogP contribution is 2.49. The van der Waals surface area contributed by atoms with Crippen molar-refractivity contribution in [1.82, 2.24) is 10.3 Å². The molecule has 3 nitrogen and oxygen atoms in total. The minimum atomic E-state index is 0.153. The van der Waals surface area contributed by atoms with Crippen molar-refractivity contribution < 1.29 is 4.79 Å². The normalized spacial score (nSPS) is 16.5. The van der Waals surface area contributed by atoms with E-state index in [0.29, 0.717) is 13.0 Å². The molecule has 0 saturated heterocycles. The second kappa shape index (κ2) is 5.54. The van der Waals surface area contributed by atoms with E-state index < -0.39 is 0 Å². The van der Waals surface area contributed by atoms with Gasteiger partial charge in [-0.15, -0.1) is 0 Å². The van der Waals surface area contributed by atoms with Crippen molar-refractivity contribution in [2.45, 2.75) is 25.7 Å². The highest BCUT2D eigenvalue weighted by atomic mass is 32.1. The molecule has 0 unspecified atom stereocenters. The van der Waals surface area contributed by atoms with Crippen molar-refractivity contribution in [3.05, 3.63) is 30.1 Å². The fourth-order valence-corrected chi connectivity index (χ4v) is 2.29. The van der Waals surface area contributed by atoms with Crippen LogP contribution in [0.3, 0.4) is 0 Å². The second-order valence-corrected chi connectivity index (χ2v) is 5.11. The first-order chi connectivity index (χ1) is 8.24. The zero-order valence-corrected chi connectivity index (χ0v) is 10.7. The fraction of sp³-hybridized carbons (Fsp3) is 0.538. The summed E-state index contributed by atoms with van der Waals surface area (Å²) in [6.07, 6.45) is 7.35. The van der Waals surface area contributed by atoms with E-state index in [1.165, 1.54) is 0 Å². The molecule has 0 aliphatic heterocycles. The zero-order valence-electron chi connectivity index (χ0n) is 9.85. The van der Waals surface area contributed by atoms with Crippen LogP contribution in [0.25, 0.3) is 0 Å². The predicted molar refractivity (Wildman–Crippen MR) is 71.1 cm³/mol. The summed E-state index contributed by atoms with van der Waals surface area (Å²) in [5, 5.41) is 2.96. The Morgan fingerprint density at radius 3 is 2.94 bits per heavy atom. The maximum Gasteiger partial charge on any atom is 0.220 e. The van der Waals surface area contributed by atoms with Crippen molar-refractivity contribution in [2.75, 3.05) is 12.3 Å². The van der Waals surface area contributed by atoms with Crippen LogP contribution in [0, 0.1) is 5.41 Å². The lowest BCUT2D eigenvalue weighted by Gasteiger charge is -2.11. The van der Waals surface area contributed by atoms with E-state index in [9.17, 15) is 4.79 Å². The average Bonchev–Trinajstić information content (AvgIpc) is 3.11. The van der Waals surface area contributed by atoms with Crippen molar-refractivity contribution in [2.24, 2.45) is 5.41 Å². The monoisotopic (exact) mass is 250 g/mol. The zero-order chi connectivity index (χ0) is 12.1. The molecule has 0 bridgehead atoms. The van der Waals surface area contributed by atoms with Crippen LogP contribution in [0.15, 0.2) is 24.5 Å². The van der Waals surface area contributed by atoms with E-state index in [2.05, 4.69) is 22.9 Å². The largest absolute Gasteiger partial charge is 0.356 e. The number of amides is 1. The Balaban J connectivity index is 1.67. The number of nitrogens with one attached hydrogen (secondary N) is 1. The van der Waals surface area contributed by atoms with E-state index in [0.717, 1.165) is 30.6 Å². The topological polar surface area (TPSA) is 42.0 Å². The number of carbonyl (C=O) groups excluding carboxylic acids is 1. The van der Waals surface area contributed by atoms with Crippen LogP contribution in [-0.4, -0.2) is 23.2 Å². The summed E-state index contributed by atoms with van der Waals surface area (Å²) >= 11 is 4.30. The Bertz CT molecular complexity index is 376. The summed E-state index contributed by atoms with van der Waals surface area (Å²) in [6, 6.07) is 3.94. The molecular formula is C13H18N2OS. The molecule has 1 saturated carbocycles. The minimum Gasteiger partial charge on any atom is -0.356 e. The van der Waals surface area contributed by atoms with Gasteiger partial charge >= 0.3 is 0 Å². The summed E-state index contributed by atoms with van der Waals surface area (Å²) in [7, 11) is 0. The summed E-state index contributed by atoms with van der Waals surface area (Å²) in [4.78, 5) is 15.7. The molecule has 0 atom stereocenters. The lowest BCUT2D eigenvalue weighted by molar-refractivity contribution is -0.122. The van der Waals surface area contributed by atoms with E-state index in [-0.39, 0.29) is 11.3 Å². The van der Waals surface area contributed by atoms with Crippen LogP contribution in [0.4, 0.5) is 0 Å². The standard InChI is InChI=1S/C13H18N2OS/c16-12(8-13(10-17)4-5-13)15-7-3-11-2-1-6-14-9-11/h1-2,6,9,17H,3-5,7-8,10H2,(H,15,16). The Kier molecular flexibility index (Phi) is 4.05. The van der Waals surface area contributed by atoms with Gasteiger partial charge in [0.25, 0.3) is 0 Å². The third-order valence-electron chi connectivity index (χ3n) is 3.29. The molecule has 1 amide bonds. The summed E-state index contributed by atoms with van der Waals surface area (Å²) in [6.45, 7) is 0.688. The molecule has 0 radical (unpaired) electrons. The number of rotatable bonds is 6. The summed E-state index contributed by atoms with van der Waals surface area (Å²) in [5.41, 5.74) is 1.37. The van der Waals surface area contributed by atoms with E-state index >= 15 is 0 Å². The molecule has 1 N–H and O–H groups in total. The number of hydrogen-bond acceptors (Lipinski definition) is 3. The molecule has 1 aromatic heterocycles. The molecule has 1 aromatic rings. The Morgan fingerprint density at radius 1 is 1.53 bits per heavy atom. The summed E-state index contributed by atoms with van der Waals surface area (Å²) < 4.78 is 0. The van der Waals surface area contributed by atoms with Gasteiger partial charge in [-0.1, -0.05) is 6.07 Å². The molecule has 0 spiro atoms. The van der Waals surface area contributed by atoms with Gasteiger partial charge in [0.1, 0.15) is 0 Å². The van der Waals surface area contributed by atoms with Gasteiger partial charge < -0.3 is 5.32 Å². The van der Waals surface area contributed by atoms with Gasteiger partial charge in [-0.05, 0) is 42.1 Å². The predicted octanol–water partition coefficient (Wildman–Crippen LogP) is 1.84. The van der Waals surface area contributed by atoms with Crippen molar-refractivity contribution >= 4 is 18.5 Å². The van der Waals surface area contributed by atoms with Crippen LogP contribution in [-0.2, 0) is 11.2 Å². The van der Waals surface area contributed by atoms with Gasteiger partial charge in [-0.2, -0.15) is 12.6 Å². The van der Waals surface area contributed by atoms with Crippen LogP contribution in [0.1, 0.15) is 24.8 Å². The van der Waals surface area contributed by atoms with Gasteiger partial charge in [0, 0.05) is 25.4 Å². The van der Waals surface area contributed by atoms with Crippen LogP contribution in [0.2, 0.25) is 0 Å². The lowest BCUT2D eigenvalue weighted by atomic mass is 10.1. The molecular weight excluding hydrogens is 232 g/mol. The van der Waals surface area contributed by atoms with E-state index in [1.807, 2.05) is 18.3 Å². The van der Waals surface area contributed by atoms with Crippen molar-refractivity contribution in [3.63, 3.8) is 0 Å². The third kappa shape index (κ3) is 3.73. The summed E-state index contributed by atoms with van der Waals surface area (Å²) in [5.74, 6) is 0.976. The first-order valence-electron chi connectivity index (χ1n) is 6.01. The number of nitrogens with zero attached hydrogens (tertiary/aromatic N) is 1. The SMILES string of the molecule is O=C(CC1(CS)CC1)NCCc1cccnc1. The number of carbonyl (C=O) groups is 1. The highest BCUT2D eigenvalue weighted by Gasteiger charge is 2.42. The fourth-order valence-electron chi connectivity index (χ4n) is 1.86. The van der Waals surface area contributed by atoms with Crippen LogP contribution < -0.4 is 5.32 Å².